The molecule has 1 atom stereocenters. The Morgan fingerprint density at radius 1 is 1.53 bits per heavy atom. The molecule has 0 spiro atoms. The van der Waals surface area contributed by atoms with Gasteiger partial charge in [0.15, 0.2) is 0 Å². The monoisotopic (exact) mass is 242 g/mol. The van der Waals surface area contributed by atoms with Crippen molar-refractivity contribution in [1.29, 1.82) is 0 Å². The van der Waals surface area contributed by atoms with Crippen molar-refractivity contribution >= 4 is 5.91 Å². The van der Waals surface area contributed by atoms with Crippen molar-refractivity contribution in [2.75, 3.05) is 26.4 Å². The molecule has 1 unspecified atom stereocenters. The van der Waals surface area contributed by atoms with Crippen LogP contribution in [0.2, 0.25) is 0 Å². The highest BCUT2D eigenvalue weighted by Gasteiger charge is 2.50. The Hall–Kier alpha value is -0.650. The Balaban J connectivity index is 1.94. The second-order valence-corrected chi connectivity index (χ2v) is 5.01. The van der Waals surface area contributed by atoms with E-state index in [1.807, 2.05) is 0 Å². The minimum absolute atomic E-state index is 0.135. The number of nitrogens with one attached hydrogen (secondary N) is 1. The van der Waals surface area contributed by atoms with Crippen molar-refractivity contribution in [2.45, 2.75) is 37.8 Å². The first-order valence-electron chi connectivity index (χ1n) is 6.43. The Kier molecular flexibility index (Phi) is 4.01. The smallest absolute Gasteiger partial charge is 0.240 e. The quantitative estimate of drug-likeness (QED) is 0.630. The summed E-state index contributed by atoms with van der Waals surface area (Å²) in [6.45, 7) is 4.51. The van der Waals surface area contributed by atoms with E-state index in [4.69, 9.17) is 15.2 Å². The molecular weight excluding hydrogens is 220 g/mol. The summed E-state index contributed by atoms with van der Waals surface area (Å²) in [5.74, 6) is 0.0567. The molecule has 5 heteroatoms. The zero-order chi connectivity index (χ0) is 12.3. The van der Waals surface area contributed by atoms with Gasteiger partial charge in [-0.05, 0) is 31.7 Å². The SMILES string of the molecule is CCCNC(COC1COC1)(C(N)=O)C1CC1. The molecular formula is C12H22N2O3. The standard InChI is InChI=1S/C12H22N2O3/c1-2-5-14-12(11(13)15,9-3-4-9)8-17-10-6-16-7-10/h9-10,14H,2-8H2,1H3,(H2,13,15). The number of hydrogen-bond donors (Lipinski definition) is 2. The van der Waals surface area contributed by atoms with Crippen molar-refractivity contribution < 1.29 is 14.3 Å². The average molecular weight is 242 g/mol. The normalized spacial score (nSPS) is 24.1. The predicted octanol–water partition coefficient (Wildman–Crippen LogP) is 0.0355. The van der Waals surface area contributed by atoms with Gasteiger partial charge in [-0.1, -0.05) is 6.92 Å². The van der Waals surface area contributed by atoms with Crippen LogP contribution in [0.4, 0.5) is 0 Å². The Morgan fingerprint density at radius 3 is 2.65 bits per heavy atom. The molecule has 1 saturated carbocycles. The van der Waals surface area contributed by atoms with Gasteiger partial charge in [0, 0.05) is 0 Å². The number of carbonyl (C=O) groups is 1. The number of rotatable bonds is 8. The second-order valence-electron chi connectivity index (χ2n) is 5.01. The van der Waals surface area contributed by atoms with E-state index in [1.54, 1.807) is 0 Å². The van der Waals surface area contributed by atoms with E-state index in [0.29, 0.717) is 25.7 Å². The van der Waals surface area contributed by atoms with Crippen LogP contribution in [0.15, 0.2) is 0 Å². The highest BCUT2D eigenvalue weighted by molar-refractivity contribution is 5.85. The van der Waals surface area contributed by atoms with Gasteiger partial charge in [-0.3, -0.25) is 4.79 Å². The summed E-state index contributed by atoms with van der Waals surface area (Å²) < 4.78 is 10.8. The minimum atomic E-state index is -0.661. The maximum Gasteiger partial charge on any atom is 0.240 e. The van der Waals surface area contributed by atoms with Gasteiger partial charge in [0.1, 0.15) is 11.6 Å². The van der Waals surface area contributed by atoms with Crippen LogP contribution in [0.25, 0.3) is 0 Å². The fourth-order valence-corrected chi connectivity index (χ4v) is 2.16. The number of hydrogen-bond acceptors (Lipinski definition) is 4. The third-order valence-electron chi connectivity index (χ3n) is 3.56. The Bertz CT molecular complexity index is 277. The summed E-state index contributed by atoms with van der Waals surface area (Å²) in [4.78, 5) is 11.8. The van der Waals surface area contributed by atoms with Gasteiger partial charge in [0.05, 0.1) is 19.8 Å². The van der Waals surface area contributed by atoms with Crippen LogP contribution in [0.3, 0.4) is 0 Å². The molecule has 3 N–H and O–H groups in total. The lowest BCUT2D eigenvalue weighted by Crippen LogP contribution is -2.61. The molecule has 1 aliphatic carbocycles. The summed E-state index contributed by atoms with van der Waals surface area (Å²) in [5.41, 5.74) is 4.93. The zero-order valence-corrected chi connectivity index (χ0v) is 10.4. The second kappa shape index (κ2) is 5.33. The van der Waals surface area contributed by atoms with E-state index in [0.717, 1.165) is 25.8 Å². The van der Waals surface area contributed by atoms with Crippen LogP contribution in [0, 0.1) is 5.92 Å². The van der Waals surface area contributed by atoms with Gasteiger partial charge in [-0.25, -0.2) is 0 Å². The fourth-order valence-electron chi connectivity index (χ4n) is 2.16. The molecule has 98 valence electrons. The van der Waals surface area contributed by atoms with E-state index in [2.05, 4.69) is 12.2 Å². The summed E-state index contributed by atoms with van der Waals surface area (Å²) in [7, 11) is 0. The van der Waals surface area contributed by atoms with E-state index in [1.165, 1.54) is 0 Å². The summed E-state index contributed by atoms with van der Waals surface area (Å²) in [6.07, 6.45) is 3.23. The van der Waals surface area contributed by atoms with Crippen molar-refractivity contribution in [2.24, 2.45) is 11.7 Å². The van der Waals surface area contributed by atoms with E-state index in [-0.39, 0.29) is 12.0 Å². The first kappa shape index (κ1) is 12.8. The first-order chi connectivity index (χ1) is 8.19. The Labute approximate surface area is 102 Å². The maximum atomic E-state index is 11.8. The summed E-state index contributed by atoms with van der Waals surface area (Å²) >= 11 is 0. The molecule has 2 aliphatic rings. The average Bonchev–Trinajstić information content (AvgIpc) is 3.04. The minimum Gasteiger partial charge on any atom is -0.376 e. The van der Waals surface area contributed by atoms with Crippen LogP contribution < -0.4 is 11.1 Å². The molecule has 1 aliphatic heterocycles. The zero-order valence-electron chi connectivity index (χ0n) is 10.4. The number of nitrogens with two attached hydrogens (primary N) is 1. The Morgan fingerprint density at radius 2 is 2.24 bits per heavy atom. The van der Waals surface area contributed by atoms with Gasteiger partial charge in [0.2, 0.25) is 5.91 Å². The lowest BCUT2D eigenvalue weighted by atomic mass is 9.93. The van der Waals surface area contributed by atoms with Gasteiger partial charge in [0.25, 0.3) is 0 Å². The maximum absolute atomic E-state index is 11.8. The topological polar surface area (TPSA) is 73.6 Å². The van der Waals surface area contributed by atoms with Crippen LogP contribution >= 0.6 is 0 Å². The highest BCUT2D eigenvalue weighted by Crippen LogP contribution is 2.40. The van der Waals surface area contributed by atoms with E-state index in [9.17, 15) is 4.79 Å². The van der Waals surface area contributed by atoms with E-state index >= 15 is 0 Å². The summed E-state index contributed by atoms with van der Waals surface area (Å²) in [5, 5.41) is 3.31. The molecule has 17 heavy (non-hydrogen) atoms. The summed E-state index contributed by atoms with van der Waals surface area (Å²) in [6, 6.07) is 0. The molecule has 1 saturated heterocycles. The largest absolute Gasteiger partial charge is 0.376 e. The molecule has 2 rings (SSSR count). The van der Waals surface area contributed by atoms with Gasteiger partial charge in [-0.2, -0.15) is 0 Å². The molecule has 1 heterocycles. The van der Waals surface area contributed by atoms with Crippen molar-refractivity contribution in [3.63, 3.8) is 0 Å². The van der Waals surface area contributed by atoms with Crippen molar-refractivity contribution in [3.05, 3.63) is 0 Å². The third-order valence-corrected chi connectivity index (χ3v) is 3.56. The molecule has 0 radical (unpaired) electrons. The molecule has 5 nitrogen and oxygen atoms in total. The van der Waals surface area contributed by atoms with Crippen LogP contribution in [-0.2, 0) is 14.3 Å². The molecule has 2 fully saturated rings. The predicted molar refractivity (Wildman–Crippen MR) is 63.5 cm³/mol. The highest BCUT2D eigenvalue weighted by atomic mass is 16.6. The fraction of sp³-hybridized carbons (Fsp3) is 0.917. The molecule has 0 aromatic rings. The third kappa shape index (κ3) is 2.78. The van der Waals surface area contributed by atoms with Gasteiger partial charge >= 0.3 is 0 Å². The first-order valence-corrected chi connectivity index (χ1v) is 6.43. The van der Waals surface area contributed by atoms with Crippen LogP contribution in [0.1, 0.15) is 26.2 Å². The number of amides is 1. The van der Waals surface area contributed by atoms with Gasteiger partial charge in [-0.15, -0.1) is 0 Å². The number of primary amides is 1. The van der Waals surface area contributed by atoms with Gasteiger partial charge < -0.3 is 20.5 Å². The van der Waals surface area contributed by atoms with Crippen molar-refractivity contribution in [3.8, 4) is 0 Å². The molecule has 1 amide bonds. The number of carbonyl (C=O) groups excluding carboxylic acids is 1. The van der Waals surface area contributed by atoms with E-state index < -0.39 is 5.54 Å². The number of ether oxygens (including phenoxy) is 2. The lowest BCUT2D eigenvalue weighted by molar-refractivity contribution is -0.151. The van der Waals surface area contributed by atoms with Crippen molar-refractivity contribution in [1.82, 2.24) is 5.32 Å². The molecule has 0 aromatic carbocycles. The van der Waals surface area contributed by atoms with Crippen LogP contribution in [0.5, 0.6) is 0 Å². The molecule has 0 aromatic heterocycles. The lowest BCUT2D eigenvalue weighted by Gasteiger charge is -2.35. The molecule has 0 bridgehead atoms. The van der Waals surface area contributed by atoms with Crippen LogP contribution in [-0.4, -0.2) is 43.9 Å².